The molecule has 1 fully saturated rings. The summed E-state index contributed by atoms with van der Waals surface area (Å²) in [4.78, 5) is 17.6. The molecule has 7 nitrogen and oxygen atoms in total. The Morgan fingerprint density at radius 3 is 2.59 bits per heavy atom. The number of β-amino-alcohol motifs (C(OH)–C–C–N with tert-alkyl or cyclic N) is 1. The van der Waals surface area contributed by atoms with Crippen LogP contribution in [0.15, 0.2) is 67.0 Å². The van der Waals surface area contributed by atoms with Crippen molar-refractivity contribution >= 4 is 23.3 Å². The predicted octanol–water partition coefficient (Wildman–Crippen LogP) is 2.54. The van der Waals surface area contributed by atoms with E-state index in [-0.39, 0.29) is 24.3 Å². The van der Waals surface area contributed by atoms with Crippen molar-refractivity contribution in [1.29, 1.82) is 0 Å². The third-order valence-corrected chi connectivity index (χ3v) is 5.37. The van der Waals surface area contributed by atoms with Gasteiger partial charge in [-0.2, -0.15) is 0 Å². The molecule has 0 aliphatic carbocycles. The second kappa shape index (κ2) is 8.02. The maximum Gasteiger partial charge on any atom is 0.335 e. The Morgan fingerprint density at radius 2 is 1.93 bits per heavy atom. The number of pyridine rings is 1. The first-order valence-corrected chi connectivity index (χ1v) is 9.61. The maximum absolute atomic E-state index is 11.2. The smallest absolute Gasteiger partial charge is 0.335 e. The number of aliphatic hydroxyl groups excluding tert-OH is 1. The van der Waals surface area contributed by atoms with Crippen molar-refractivity contribution in [2.24, 2.45) is 0 Å². The molecular weight excluding hydrogens is 388 g/mol. The molecule has 0 radical (unpaired) electrons. The lowest BCUT2D eigenvalue weighted by atomic mass is 10.0. The first kappa shape index (κ1) is 19.1. The van der Waals surface area contributed by atoms with Crippen molar-refractivity contribution in [2.75, 3.05) is 13.2 Å². The van der Waals surface area contributed by atoms with Gasteiger partial charge in [0.1, 0.15) is 0 Å². The number of aliphatic hydroxyl groups is 1. The third-order valence-electron chi connectivity index (χ3n) is 5.01. The Kier molecular flexibility index (Phi) is 5.28. The Bertz CT molecular complexity index is 1020. The van der Waals surface area contributed by atoms with Crippen LogP contribution >= 0.6 is 12.2 Å². The number of nitrogens with zero attached hydrogens (tertiary/aromatic N) is 3. The van der Waals surface area contributed by atoms with Crippen molar-refractivity contribution in [3.05, 3.63) is 83.9 Å². The highest BCUT2D eigenvalue weighted by Crippen LogP contribution is 2.39. The van der Waals surface area contributed by atoms with Crippen LogP contribution in [0.25, 0.3) is 5.69 Å². The number of carboxylic acid groups (broad SMARTS) is 1. The largest absolute Gasteiger partial charge is 0.478 e. The van der Waals surface area contributed by atoms with E-state index in [0.717, 1.165) is 17.1 Å². The molecule has 4 rings (SSSR count). The summed E-state index contributed by atoms with van der Waals surface area (Å²) in [7, 11) is 0. The lowest BCUT2D eigenvalue weighted by Crippen LogP contribution is -2.32. The summed E-state index contributed by atoms with van der Waals surface area (Å²) in [6.45, 7) is 0.365. The molecule has 1 aliphatic heterocycles. The zero-order chi connectivity index (χ0) is 20.4. The lowest BCUT2D eigenvalue weighted by molar-refractivity contribution is 0.0697. The summed E-state index contributed by atoms with van der Waals surface area (Å²) in [5, 5.41) is 22.6. The van der Waals surface area contributed by atoms with Crippen LogP contribution in [0.4, 0.5) is 0 Å². The average molecular weight is 408 g/mol. The summed E-state index contributed by atoms with van der Waals surface area (Å²) < 4.78 is 2.01. The molecule has 2 atom stereocenters. The lowest BCUT2D eigenvalue weighted by Gasteiger charge is -2.28. The van der Waals surface area contributed by atoms with Crippen molar-refractivity contribution < 1.29 is 15.0 Å². The van der Waals surface area contributed by atoms with Gasteiger partial charge in [0.2, 0.25) is 0 Å². The highest BCUT2D eigenvalue weighted by atomic mass is 32.1. The normalized spacial score (nSPS) is 18.7. The summed E-state index contributed by atoms with van der Waals surface area (Å²) in [5.74, 6) is -0.959. The van der Waals surface area contributed by atoms with Crippen molar-refractivity contribution in [1.82, 2.24) is 19.8 Å². The summed E-state index contributed by atoms with van der Waals surface area (Å²) in [6, 6.07) is 16.1. The average Bonchev–Trinajstić information content (AvgIpc) is 3.34. The van der Waals surface area contributed by atoms with E-state index >= 15 is 0 Å². The van der Waals surface area contributed by atoms with Gasteiger partial charge in [0.15, 0.2) is 5.11 Å². The van der Waals surface area contributed by atoms with Gasteiger partial charge in [-0.15, -0.1) is 0 Å². The molecule has 3 N–H and O–H groups in total. The van der Waals surface area contributed by atoms with Gasteiger partial charge in [-0.25, -0.2) is 4.79 Å². The SMILES string of the molecule is O=C(O)c1ccc(-n2cccc2[C@@H]2[C@@H](c3ccccn3)NC(=S)N2CCO)cc1. The molecule has 0 unspecified atom stereocenters. The molecule has 0 saturated carbocycles. The second-order valence-electron chi connectivity index (χ2n) is 6.70. The van der Waals surface area contributed by atoms with E-state index < -0.39 is 5.97 Å². The minimum atomic E-state index is -0.959. The minimum absolute atomic E-state index is 0.0265. The highest BCUT2D eigenvalue weighted by molar-refractivity contribution is 7.80. The van der Waals surface area contributed by atoms with Gasteiger partial charge in [-0.05, 0) is 60.7 Å². The van der Waals surface area contributed by atoms with Gasteiger partial charge in [0.25, 0.3) is 0 Å². The van der Waals surface area contributed by atoms with Crippen LogP contribution in [0.1, 0.15) is 33.8 Å². The number of aromatic nitrogens is 2. The number of carbonyl (C=O) groups is 1. The first-order chi connectivity index (χ1) is 14.1. The Morgan fingerprint density at radius 1 is 1.14 bits per heavy atom. The first-order valence-electron chi connectivity index (χ1n) is 9.20. The molecule has 0 amide bonds. The molecule has 148 valence electrons. The summed E-state index contributed by atoms with van der Waals surface area (Å²) in [6.07, 6.45) is 3.68. The van der Waals surface area contributed by atoms with Gasteiger partial charge < -0.3 is 25.0 Å². The van der Waals surface area contributed by atoms with E-state index in [4.69, 9.17) is 17.3 Å². The van der Waals surface area contributed by atoms with Crippen molar-refractivity contribution in [3.63, 3.8) is 0 Å². The topological polar surface area (TPSA) is 90.6 Å². The fraction of sp³-hybridized carbons (Fsp3) is 0.190. The number of aromatic carboxylic acids is 1. The van der Waals surface area contributed by atoms with E-state index in [0.29, 0.717) is 11.7 Å². The molecule has 0 spiro atoms. The number of hydrogen-bond donors (Lipinski definition) is 3. The predicted molar refractivity (Wildman–Crippen MR) is 112 cm³/mol. The van der Waals surface area contributed by atoms with Crippen LogP contribution in [-0.2, 0) is 0 Å². The van der Waals surface area contributed by atoms with Crippen LogP contribution in [-0.4, -0.2) is 48.9 Å². The third kappa shape index (κ3) is 3.59. The van der Waals surface area contributed by atoms with Crippen molar-refractivity contribution in [3.8, 4) is 5.69 Å². The van der Waals surface area contributed by atoms with Gasteiger partial charge in [0.05, 0.1) is 29.9 Å². The number of thiocarbonyl (C=S) groups is 1. The number of rotatable bonds is 6. The Hall–Kier alpha value is -3.23. The molecule has 8 heteroatoms. The van der Waals surface area contributed by atoms with E-state index in [2.05, 4.69) is 10.3 Å². The van der Waals surface area contributed by atoms with E-state index in [9.17, 15) is 9.90 Å². The molecule has 1 aromatic carbocycles. The highest BCUT2D eigenvalue weighted by Gasteiger charge is 2.40. The Labute approximate surface area is 173 Å². The second-order valence-corrected chi connectivity index (χ2v) is 7.09. The number of hydrogen-bond acceptors (Lipinski definition) is 4. The summed E-state index contributed by atoms with van der Waals surface area (Å²) in [5.41, 5.74) is 2.90. The number of nitrogens with one attached hydrogen (secondary N) is 1. The Balaban J connectivity index is 1.77. The van der Waals surface area contributed by atoms with Gasteiger partial charge >= 0.3 is 5.97 Å². The van der Waals surface area contributed by atoms with E-state index in [1.54, 1.807) is 30.5 Å². The monoisotopic (exact) mass is 408 g/mol. The van der Waals surface area contributed by atoms with Gasteiger partial charge in [-0.3, -0.25) is 4.98 Å². The van der Waals surface area contributed by atoms with E-state index in [1.807, 2.05) is 46.0 Å². The van der Waals surface area contributed by atoms with Crippen molar-refractivity contribution in [2.45, 2.75) is 12.1 Å². The molecule has 3 heterocycles. The minimum Gasteiger partial charge on any atom is -0.478 e. The maximum atomic E-state index is 11.2. The summed E-state index contributed by atoms with van der Waals surface area (Å²) >= 11 is 5.54. The molecule has 29 heavy (non-hydrogen) atoms. The standard InChI is InChI=1S/C21H20N4O3S/c26-13-12-25-19(18(23-21(25)29)16-4-1-2-10-22-16)17-5-3-11-24(17)15-8-6-14(7-9-15)20(27)28/h1-11,18-19,26H,12-13H2,(H,23,29)(H,27,28)/t18-,19-/m1/s1. The zero-order valence-corrected chi connectivity index (χ0v) is 16.3. The fourth-order valence-electron chi connectivity index (χ4n) is 3.71. The number of carboxylic acids is 1. The molecule has 0 bridgehead atoms. The molecule has 3 aromatic rings. The fourth-order valence-corrected chi connectivity index (χ4v) is 4.04. The van der Waals surface area contributed by atoms with E-state index in [1.165, 1.54) is 0 Å². The number of benzene rings is 1. The molecule has 1 saturated heterocycles. The van der Waals surface area contributed by atoms with Crippen LogP contribution in [0.2, 0.25) is 0 Å². The van der Waals surface area contributed by atoms with Crippen LogP contribution in [0, 0.1) is 0 Å². The quantitative estimate of drug-likeness (QED) is 0.540. The van der Waals surface area contributed by atoms with Gasteiger partial charge in [0, 0.05) is 30.3 Å². The van der Waals surface area contributed by atoms with Crippen LogP contribution in [0.3, 0.4) is 0 Å². The van der Waals surface area contributed by atoms with Crippen LogP contribution < -0.4 is 5.32 Å². The molecular formula is C21H20N4O3S. The van der Waals surface area contributed by atoms with Crippen LogP contribution in [0.5, 0.6) is 0 Å². The molecule has 1 aliphatic rings. The van der Waals surface area contributed by atoms with Gasteiger partial charge in [-0.1, -0.05) is 6.07 Å². The zero-order valence-electron chi connectivity index (χ0n) is 15.5. The molecule has 2 aromatic heterocycles.